The van der Waals surface area contributed by atoms with Gasteiger partial charge in [0.05, 0.1) is 11.2 Å². The highest BCUT2D eigenvalue weighted by molar-refractivity contribution is 5.92. The molecule has 0 saturated heterocycles. The molecule has 1 N–H and O–H groups in total. The first-order chi connectivity index (χ1) is 7.15. The predicted octanol–water partition coefficient (Wildman–Crippen LogP) is 2.74. The molecule has 0 fully saturated rings. The number of carbonyl (C=O) groups excluding carboxylic acids is 1. The van der Waals surface area contributed by atoms with Gasteiger partial charge in [0.15, 0.2) is 6.29 Å². The molecular weight excluding hydrogens is 190 g/mol. The molecule has 0 unspecified atom stereocenters. The van der Waals surface area contributed by atoms with Gasteiger partial charge in [0.25, 0.3) is 0 Å². The Kier molecular flexibility index (Phi) is 2.23. The zero-order valence-corrected chi connectivity index (χ0v) is 8.77. The molecule has 0 aliphatic rings. The fraction of sp³-hybridized carbons (Fsp3) is 0.250. The van der Waals surface area contributed by atoms with Crippen LogP contribution in [0.2, 0.25) is 0 Å². The highest BCUT2D eigenvalue weighted by Crippen LogP contribution is 2.29. The molecule has 1 heterocycles. The van der Waals surface area contributed by atoms with Crippen LogP contribution in [0.5, 0.6) is 5.75 Å². The molecule has 2 aromatic rings. The molecule has 0 saturated carbocycles. The fourth-order valence-electron chi connectivity index (χ4n) is 1.92. The van der Waals surface area contributed by atoms with E-state index in [2.05, 4.69) is 0 Å². The number of aldehydes is 1. The number of phenolic OH excluding ortho intramolecular Hbond substituents is 1. The highest BCUT2D eigenvalue weighted by atomic mass is 16.3. The van der Waals surface area contributed by atoms with Crippen molar-refractivity contribution in [3.8, 4) is 5.75 Å². The SMILES string of the molecule is CC(C)n1c(C=O)cc2c(O)cccc21. The molecule has 78 valence electrons. The highest BCUT2D eigenvalue weighted by Gasteiger charge is 2.12. The van der Waals surface area contributed by atoms with Crippen LogP contribution >= 0.6 is 0 Å². The molecule has 3 nitrogen and oxygen atoms in total. The number of benzene rings is 1. The van der Waals surface area contributed by atoms with Crippen molar-refractivity contribution in [1.82, 2.24) is 4.57 Å². The normalized spacial score (nSPS) is 11.1. The molecule has 0 bridgehead atoms. The molecule has 1 aromatic heterocycles. The second kappa shape index (κ2) is 3.42. The van der Waals surface area contributed by atoms with E-state index < -0.39 is 0 Å². The van der Waals surface area contributed by atoms with Crippen molar-refractivity contribution < 1.29 is 9.90 Å². The number of aromatic nitrogens is 1. The molecule has 0 amide bonds. The molecular formula is C12H13NO2. The minimum Gasteiger partial charge on any atom is -0.507 e. The Hall–Kier alpha value is -1.77. The van der Waals surface area contributed by atoms with E-state index in [1.807, 2.05) is 24.5 Å². The van der Waals surface area contributed by atoms with Crippen LogP contribution in [0, 0.1) is 0 Å². The van der Waals surface area contributed by atoms with Crippen LogP contribution < -0.4 is 0 Å². The number of fused-ring (bicyclic) bond motifs is 1. The Labute approximate surface area is 87.9 Å². The van der Waals surface area contributed by atoms with Gasteiger partial charge in [-0.05, 0) is 32.0 Å². The van der Waals surface area contributed by atoms with E-state index in [1.54, 1.807) is 18.2 Å². The number of hydrogen-bond acceptors (Lipinski definition) is 2. The number of rotatable bonds is 2. The van der Waals surface area contributed by atoms with E-state index in [0.29, 0.717) is 5.69 Å². The average molecular weight is 203 g/mol. The van der Waals surface area contributed by atoms with E-state index in [4.69, 9.17) is 0 Å². The zero-order chi connectivity index (χ0) is 11.0. The fourth-order valence-corrected chi connectivity index (χ4v) is 1.92. The molecule has 0 atom stereocenters. The van der Waals surface area contributed by atoms with Gasteiger partial charge in [-0.15, -0.1) is 0 Å². The predicted molar refractivity (Wildman–Crippen MR) is 59.4 cm³/mol. The summed E-state index contributed by atoms with van der Waals surface area (Å²) in [6.45, 7) is 4.02. The Morgan fingerprint density at radius 2 is 2.13 bits per heavy atom. The maximum atomic E-state index is 10.9. The van der Waals surface area contributed by atoms with Gasteiger partial charge in [0.1, 0.15) is 5.75 Å². The van der Waals surface area contributed by atoms with Gasteiger partial charge in [-0.3, -0.25) is 4.79 Å². The lowest BCUT2D eigenvalue weighted by Gasteiger charge is -2.11. The topological polar surface area (TPSA) is 42.2 Å². The van der Waals surface area contributed by atoms with Gasteiger partial charge < -0.3 is 9.67 Å². The largest absolute Gasteiger partial charge is 0.507 e. The van der Waals surface area contributed by atoms with Crippen molar-refractivity contribution in [2.75, 3.05) is 0 Å². The van der Waals surface area contributed by atoms with Crippen molar-refractivity contribution in [2.24, 2.45) is 0 Å². The minimum atomic E-state index is 0.199. The van der Waals surface area contributed by atoms with Crippen molar-refractivity contribution in [3.63, 3.8) is 0 Å². The van der Waals surface area contributed by atoms with E-state index in [9.17, 15) is 9.90 Å². The Morgan fingerprint density at radius 3 is 2.73 bits per heavy atom. The van der Waals surface area contributed by atoms with Crippen LogP contribution in [0.1, 0.15) is 30.4 Å². The summed E-state index contributed by atoms with van der Waals surface area (Å²) in [6, 6.07) is 7.23. The third kappa shape index (κ3) is 1.40. The lowest BCUT2D eigenvalue weighted by atomic mass is 10.2. The van der Waals surface area contributed by atoms with Crippen molar-refractivity contribution in [2.45, 2.75) is 19.9 Å². The van der Waals surface area contributed by atoms with Gasteiger partial charge in [-0.2, -0.15) is 0 Å². The van der Waals surface area contributed by atoms with Crippen molar-refractivity contribution >= 4 is 17.2 Å². The Balaban J connectivity index is 2.86. The summed E-state index contributed by atoms with van der Waals surface area (Å²) >= 11 is 0. The van der Waals surface area contributed by atoms with Crippen LogP contribution in [0.15, 0.2) is 24.3 Å². The number of carbonyl (C=O) groups is 1. The minimum absolute atomic E-state index is 0.199. The monoisotopic (exact) mass is 203 g/mol. The van der Waals surface area contributed by atoms with Gasteiger partial charge >= 0.3 is 0 Å². The quantitative estimate of drug-likeness (QED) is 0.762. The van der Waals surface area contributed by atoms with E-state index >= 15 is 0 Å². The lowest BCUT2D eigenvalue weighted by Crippen LogP contribution is -2.04. The van der Waals surface area contributed by atoms with Crippen LogP contribution in [-0.4, -0.2) is 16.0 Å². The summed E-state index contributed by atoms with van der Waals surface area (Å²) in [7, 11) is 0. The Morgan fingerprint density at radius 1 is 1.40 bits per heavy atom. The summed E-state index contributed by atoms with van der Waals surface area (Å²) in [4.78, 5) is 10.9. The summed E-state index contributed by atoms with van der Waals surface area (Å²) in [6.07, 6.45) is 0.819. The second-order valence-electron chi connectivity index (χ2n) is 3.86. The average Bonchev–Trinajstić information content (AvgIpc) is 2.57. The number of nitrogens with zero attached hydrogens (tertiary/aromatic N) is 1. The first-order valence-corrected chi connectivity index (χ1v) is 4.93. The second-order valence-corrected chi connectivity index (χ2v) is 3.86. The standard InChI is InChI=1S/C12H13NO2/c1-8(2)13-9(7-14)6-10-11(13)4-3-5-12(10)15/h3-8,15H,1-2H3. The van der Waals surface area contributed by atoms with Crippen LogP contribution in [0.4, 0.5) is 0 Å². The van der Waals surface area contributed by atoms with Crippen LogP contribution in [0.25, 0.3) is 10.9 Å². The maximum Gasteiger partial charge on any atom is 0.166 e. The third-order valence-electron chi connectivity index (χ3n) is 2.53. The molecule has 0 aliphatic carbocycles. The summed E-state index contributed by atoms with van der Waals surface area (Å²) in [5.74, 6) is 0.218. The maximum absolute atomic E-state index is 10.9. The van der Waals surface area contributed by atoms with Gasteiger partial charge in [0, 0.05) is 11.4 Å². The van der Waals surface area contributed by atoms with Gasteiger partial charge in [-0.25, -0.2) is 0 Å². The number of aromatic hydroxyl groups is 1. The first kappa shape index (κ1) is 9.77. The first-order valence-electron chi connectivity index (χ1n) is 4.93. The van der Waals surface area contributed by atoms with E-state index in [0.717, 1.165) is 17.2 Å². The molecule has 0 radical (unpaired) electrons. The molecule has 1 aromatic carbocycles. The van der Waals surface area contributed by atoms with Crippen molar-refractivity contribution in [3.05, 3.63) is 30.0 Å². The summed E-state index contributed by atoms with van der Waals surface area (Å²) in [5.41, 5.74) is 1.49. The molecule has 0 aliphatic heterocycles. The molecule has 3 heteroatoms. The summed E-state index contributed by atoms with van der Waals surface area (Å²) in [5, 5.41) is 10.4. The zero-order valence-electron chi connectivity index (χ0n) is 8.77. The van der Waals surface area contributed by atoms with Gasteiger partial charge in [-0.1, -0.05) is 6.07 Å². The smallest absolute Gasteiger partial charge is 0.166 e. The molecule has 15 heavy (non-hydrogen) atoms. The lowest BCUT2D eigenvalue weighted by molar-refractivity contribution is 0.111. The van der Waals surface area contributed by atoms with E-state index in [-0.39, 0.29) is 11.8 Å². The number of hydrogen-bond donors (Lipinski definition) is 1. The van der Waals surface area contributed by atoms with Crippen LogP contribution in [0.3, 0.4) is 0 Å². The Bertz CT molecular complexity index is 512. The van der Waals surface area contributed by atoms with E-state index in [1.165, 1.54) is 0 Å². The molecule has 0 spiro atoms. The molecule has 2 rings (SSSR count). The number of phenols is 1. The van der Waals surface area contributed by atoms with Crippen molar-refractivity contribution in [1.29, 1.82) is 0 Å². The third-order valence-corrected chi connectivity index (χ3v) is 2.53. The van der Waals surface area contributed by atoms with Gasteiger partial charge in [0.2, 0.25) is 0 Å². The van der Waals surface area contributed by atoms with Crippen LogP contribution in [-0.2, 0) is 0 Å². The summed E-state index contributed by atoms with van der Waals surface area (Å²) < 4.78 is 1.92.